The highest BCUT2D eigenvalue weighted by Crippen LogP contribution is 2.53. The molecule has 3 nitrogen and oxygen atoms in total. The third-order valence-electron chi connectivity index (χ3n) is 4.89. The minimum atomic E-state index is 0.193. The summed E-state index contributed by atoms with van der Waals surface area (Å²) < 4.78 is 0. The van der Waals surface area contributed by atoms with Crippen molar-refractivity contribution >= 4 is 0 Å². The molecule has 0 aromatic rings. The molecule has 88 valence electrons. The normalized spacial score (nSPS) is 41.4. The number of hydrogen-bond donors (Lipinski definition) is 1. The van der Waals surface area contributed by atoms with Crippen molar-refractivity contribution in [2.45, 2.75) is 38.1 Å². The van der Waals surface area contributed by atoms with Crippen LogP contribution >= 0.6 is 0 Å². The summed E-state index contributed by atoms with van der Waals surface area (Å²) in [7, 11) is 0. The predicted octanol–water partition coefficient (Wildman–Crippen LogP) is 2.33. The number of rotatable bonds is 2. The summed E-state index contributed by atoms with van der Waals surface area (Å²) in [5.74, 6) is 3.49. The molecule has 4 aliphatic carbocycles. The molecule has 4 rings (SSSR count). The van der Waals surface area contributed by atoms with Crippen molar-refractivity contribution in [3.05, 3.63) is 11.8 Å². The van der Waals surface area contributed by atoms with Gasteiger partial charge in [0, 0.05) is 12.2 Å². The van der Waals surface area contributed by atoms with Crippen LogP contribution in [0.15, 0.2) is 11.8 Å². The Bertz CT molecular complexity index is 380. The van der Waals surface area contributed by atoms with Crippen LogP contribution in [-0.4, -0.2) is 6.04 Å². The quantitative estimate of drug-likeness (QED) is 0.736. The largest absolute Gasteiger partial charge is 0.386 e. The van der Waals surface area contributed by atoms with E-state index in [2.05, 4.69) is 5.32 Å². The molecule has 0 radical (unpaired) electrons. The molecule has 3 heteroatoms. The zero-order valence-electron chi connectivity index (χ0n) is 9.89. The second-order valence-corrected chi connectivity index (χ2v) is 5.90. The van der Waals surface area contributed by atoms with E-state index < -0.39 is 0 Å². The van der Waals surface area contributed by atoms with Gasteiger partial charge in [0.15, 0.2) is 0 Å². The van der Waals surface area contributed by atoms with Crippen LogP contribution < -0.4 is 5.32 Å². The SMILES string of the molecule is N#CC(C#N)=CNC1C2CC3CC(C2)CC1C3. The molecule has 4 aliphatic rings. The van der Waals surface area contributed by atoms with Gasteiger partial charge in [-0.25, -0.2) is 0 Å². The Hall–Kier alpha value is -1.48. The fourth-order valence-electron chi connectivity index (χ4n) is 4.47. The van der Waals surface area contributed by atoms with Crippen LogP contribution in [-0.2, 0) is 0 Å². The van der Waals surface area contributed by atoms with Crippen LogP contribution in [0.4, 0.5) is 0 Å². The highest BCUT2D eigenvalue weighted by molar-refractivity contribution is 5.34. The average molecular weight is 227 g/mol. The maximum Gasteiger partial charge on any atom is 0.145 e. The first kappa shape index (κ1) is 10.7. The molecule has 0 amide bonds. The molecule has 17 heavy (non-hydrogen) atoms. The van der Waals surface area contributed by atoms with Crippen LogP contribution in [0.5, 0.6) is 0 Å². The van der Waals surface area contributed by atoms with Gasteiger partial charge in [-0.15, -0.1) is 0 Å². The lowest BCUT2D eigenvalue weighted by molar-refractivity contribution is -0.00891. The number of nitriles is 2. The van der Waals surface area contributed by atoms with Crippen molar-refractivity contribution in [2.75, 3.05) is 0 Å². The number of allylic oxidation sites excluding steroid dienone is 1. The van der Waals surface area contributed by atoms with Crippen LogP contribution in [0.1, 0.15) is 32.1 Å². The highest BCUT2D eigenvalue weighted by atomic mass is 14.9. The van der Waals surface area contributed by atoms with Gasteiger partial charge < -0.3 is 5.32 Å². The van der Waals surface area contributed by atoms with Gasteiger partial charge in [-0.3, -0.25) is 0 Å². The number of nitrogens with one attached hydrogen (secondary N) is 1. The van der Waals surface area contributed by atoms with Gasteiger partial charge in [-0.05, 0) is 55.8 Å². The van der Waals surface area contributed by atoms with Gasteiger partial charge in [-0.2, -0.15) is 10.5 Å². The molecule has 0 atom stereocenters. The molecule has 0 aliphatic heterocycles. The van der Waals surface area contributed by atoms with Crippen LogP contribution in [0.3, 0.4) is 0 Å². The summed E-state index contributed by atoms with van der Waals surface area (Å²) in [6.07, 6.45) is 8.50. The molecule has 4 fully saturated rings. The van der Waals surface area contributed by atoms with Gasteiger partial charge in [-0.1, -0.05) is 0 Å². The van der Waals surface area contributed by atoms with Gasteiger partial charge in [0.1, 0.15) is 17.7 Å². The minimum absolute atomic E-state index is 0.193. The lowest BCUT2D eigenvalue weighted by Gasteiger charge is -2.54. The summed E-state index contributed by atoms with van der Waals surface area (Å²) in [5, 5.41) is 20.8. The van der Waals surface area contributed by atoms with E-state index in [4.69, 9.17) is 10.5 Å². The highest BCUT2D eigenvalue weighted by Gasteiger charge is 2.47. The monoisotopic (exact) mass is 227 g/mol. The molecular formula is C14H17N3. The Morgan fingerprint density at radius 2 is 1.47 bits per heavy atom. The smallest absolute Gasteiger partial charge is 0.145 e. The first-order valence-corrected chi connectivity index (χ1v) is 6.56. The molecule has 1 N–H and O–H groups in total. The third-order valence-corrected chi connectivity index (χ3v) is 4.89. The molecule has 0 aromatic carbocycles. The van der Waals surface area contributed by atoms with E-state index >= 15 is 0 Å². The van der Waals surface area contributed by atoms with Gasteiger partial charge >= 0.3 is 0 Å². The summed E-state index contributed by atoms with van der Waals surface area (Å²) in [6.45, 7) is 0. The van der Waals surface area contributed by atoms with E-state index in [-0.39, 0.29) is 5.57 Å². The van der Waals surface area contributed by atoms with Crippen molar-refractivity contribution in [1.82, 2.24) is 5.32 Å². The van der Waals surface area contributed by atoms with Crippen LogP contribution in [0.2, 0.25) is 0 Å². The van der Waals surface area contributed by atoms with E-state index in [9.17, 15) is 0 Å². The first-order chi connectivity index (χ1) is 8.30. The lowest BCUT2D eigenvalue weighted by atomic mass is 9.54. The molecule has 4 bridgehead atoms. The Morgan fingerprint density at radius 1 is 0.941 bits per heavy atom. The summed E-state index contributed by atoms with van der Waals surface area (Å²) in [5.41, 5.74) is 0.193. The fraction of sp³-hybridized carbons (Fsp3) is 0.714. The Balaban J connectivity index is 1.71. The zero-order chi connectivity index (χ0) is 11.8. The van der Waals surface area contributed by atoms with E-state index in [0.717, 1.165) is 23.7 Å². The molecular weight excluding hydrogens is 210 g/mol. The second-order valence-electron chi connectivity index (χ2n) is 5.90. The number of hydrogen-bond acceptors (Lipinski definition) is 3. The zero-order valence-corrected chi connectivity index (χ0v) is 9.89. The summed E-state index contributed by atoms with van der Waals surface area (Å²) >= 11 is 0. The van der Waals surface area contributed by atoms with E-state index in [1.54, 1.807) is 6.20 Å². The van der Waals surface area contributed by atoms with Gasteiger partial charge in [0.25, 0.3) is 0 Å². The van der Waals surface area contributed by atoms with E-state index in [1.807, 2.05) is 12.1 Å². The van der Waals surface area contributed by atoms with Crippen molar-refractivity contribution < 1.29 is 0 Å². The van der Waals surface area contributed by atoms with Crippen LogP contribution in [0.25, 0.3) is 0 Å². The first-order valence-electron chi connectivity index (χ1n) is 6.56. The maximum atomic E-state index is 8.73. The summed E-state index contributed by atoms with van der Waals surface area (Å²) in [4.78, 5) is 0. The maximum absolute atomic E-state index is 8.73. The van der Waals surface area contributed by atoms with Crippen molar-refractivity contribution in [1.29, 1.82) is 10.5 Å². The average Bonchev–Trinajstić information content (AvgIpc) is 2.32. The third kappa shape index (κ3) is 1.80. The van der Waals surface area contributed by atoms with E-state index in [0.29, 0.717) is 6.04 Å². The summed E-state index contributed by atoms with van der Waals surface area (Å²) in [6, 6.07) is 4.34. The van der Waals surface area contributed by atoms with Gasteiger partial charge in [0.2, 0.25) is 0 Å². The number of nitrogens with zero attached hydrogens (tertiary/aromatic N) is 2. The molecule has 0 spiro atoms. The molecule has 0 aromatic heterocycles. The van der Waals surface area contributed by atoms with Crippen molar-refractivity contribution in [3.63, 3.8) is 0 Å². The Labute approximate surface area is 102 Å². The molecule has 0 heterocycles. The lowest BCUT2D eigenvalue weighted by Crippen LogP contribution is -2.53. The molecule has 0 unspecified atom stereocenters. The van der Waals surface area contributed by atoms with Crippen molar-refractivity contribution in [2.24, 2.45) is 23.7 Å². The standard InChI is InChI=1S/C14H17N3/c15-6-11(7-16)8-17-14-12-2-9-1-10(4-12)5-13(14)3-9/h8-10,12-14,17H,1-5H2. The predicted molar refractivity (Wildman–Crippen MR) is 63.3 cm³/mol. The van der Waals surface area contributed by atoms with Crippen LogP contribution in [0, 0.1) is 46.3 Å². The molecule has 4 saturated carbocycles. The molecule has 0 saturated heterocycles. The topological polar surface area (TPSA) is 59.6 Å². The fourth-order valence-corrected chi connectivity index (χ4v) is 4.47. The Kier molecular flexibility index (Phi) is 2.56. The van der Waals surface area contributed by atoms with E-state index in [1.165, 1.54) is 32.1 Å². The van der Waals surface area contributed by atoms with Gasteiger partial charge in [0.05, 0.1) is 0 Å². The van der Waals surface area contributed by atoms with Crippen molar-refractivity contribution in [3.8, 4) is 12.1 Å². The minimum Gasteiger partial charge on any atom is -0.386 e. The Morgan fingerprint density at radius 3 is 1.94 bits per heavy atom. The second kappa shape index (κ2) is 4.08.